The molecule has 2 rings (SSSR count). The van der Waals surface area contributed by atoms with E-state index in [9.17, 15) is 24.0 Å². The highest BCUT2D eigenvalue weighted by Crippen LogP contribution is 2.16. The highest BCUT2D eigenvalue weighted by molar-refractivity contribution is 6.02. The molecule has 0 aromatic heterocycles. The Labute approximate surface area is 202 Å². The molecule has 11 heteroatoms. The van der Waals surface area contributed by atoms with Gasteiger partial charge in [-0.1, -0.05) is 12.1 Å². The van der Waals surface area contributed by atoms with Gasteiger partial charge in [0.05, 0.1) is 29.5 Å². The van der Waals surface area contributed by atoms with Crippen LogP contribution in [0, 0.1) is 11.3 Å². The van der Waals surface area contributed by atoms with Crippen molar-refractivity contribution >= 4 is 41.5 Å². The van der Waals surface area contributed by atoms with Crippen LogP contribution in [-0.2, 0) is 23.9 Å². The Morgan fingerprint density at radius 1 is 0.943 bits per heavy atom. The molecule has 0 aliphatic carbocycles. The van der Waals surface area contributed by atoms with Crippen LogP contribution >= 0.6 is 0 Å². The molecular formula is C24H26N4O7. The van der Waals surface area contributed by atoms with E-state index in [-0.39, 0.29) is 29.8 Å². The molecule has 2 aromatic carbocycles. The minimum absolute atomic E-state index is 0.174. The second-order valence-electron chi connectivity index (χ2n) is 6.92. The summed E-state index contributed by atoms with van der Waals surface area (Å²) in [5.74, 6) is -2.40. The molecular weight excluding hydrogens is 456 g/mol. The first-order valence-corrected chi connectivity index (χ1v) is 10.3. The largest absolute Gasteiger partial charge is 0.462 e. The summed E-state index contributed by atoms with van der Waals surface area (Å²) < 4.78 is 9.91. The molecule has 2 aromatic rings. The zero-order chi connectivity index (χ0) is 26.2. The van der Waals surface area contributed by atoms with Crippen LogP contribution in [0.1, 0.15) is 34.1 Å². The van der Waals surface area contributed by atoms with Crippen molar-refractivity contribution in [1.82, 2.24) is 4.90 Å². The minimum atomic E-state index is -0.737. The number of amides is 3. The summed E-state index contributed by atoms with van der Waals surface area (Å²) in [4.78, 5) is 58.4. The van der Waals surface area contributed by atoms with Gasteiger partial charge in [0.25, 0.3) is 5.91 Å². The molecule has 0 fully saturated rings. The first-order valence-electron chi connectivity index (χ1n) is 10.3. The van der Waals surface area contributed by atoms with Gasteiger partial charge in [-0.25, -0.2) is 9.59 Å². The molecule has 0 radical (unpaired) electrons. The molecule has 3 amide bonds. The van der Waals surface area contributed by atoms with E-state index < -0.39 is 30.4 Å². The smallest absolute Gasteiger partial charge is 0.340 e. The van der Waals surface area contributed by atoms with Crippen LogP contribution in [0.2, 0.25) is 0 Å². The number of anilines is 2. The van der Waals surface area contributed by atoms with Crippen molar-refractivity contribution in [3.63, 3.8) is 0 Å². The van der Waals surface area contributed by atoms with Crippen molar-refractivity contribution in [2.45, 2.75) is 13.3 Å². The van der Waals surface area contributed by atoms with Crippen molar-refractivity contribution in [2.75, 3.05) is 37.9 Å². The fraction of sp³-hybridized carbons (Fsp3) is 0.250. The van der Waals surface area contributed by atoms with Crippen LogP contribution in [0.15, 0.2) is 48.5 Å². The van der Waals surface area contributed by atoms with E-state index >= 15 is 0 Å². The lowest BCUT2D eigenvalue weighted by molar-refractivity contribution is -0.119. The van der Waals surface area contributed by atoms with Gasteiger partial charge in [-0.05, 0) is 43.3 Å². The summed E-state index contributed by atoms with van der Waals surface area (Å²) in [6, 6.07) is 13.8. The summed E-state index contributed by atoms with van der Waals surface area (Å²) in [6.45, 7) is 1.31. The lowest BCUT2D eigenvalue weighted by atomic mass is 10.2. The third kappa shape index (κ3) is 10.6. The maximum atomic E-state index is 12.1. The SMILES string of the molecule is CCOC(=O)c1ccccc1NC(=O)COC(=O)c1ccc(NC(=O)CC#N)cc1.CN(C)C=O. The highest BCUT2D eigenvalue weighted by atomic mass is 16.5. The van der Waals surface area contributed by atoms with E-state index in [1.165, 1.54) is 41.3 Å². The van der Waals surface area contributed by atoms with Crippen molar-refractivity contribution < 1.29 is 33.4 Å². The lowest BCUT2D eigenvalue weighted by Gasteiger charge is -2.11. The van der Waals surface area contributed by atoms with Crippen LogP contribution < -0.4 is 10.6 Å². The summed E-state index contributed by atoms with van der Waals surface area (Å²) >= 11 is 0. The van der Waals surface area contributed by atoms with Gasteiger partial charge in [0.2, 0.25) is 12.3 Å². The highest BCUT2D eigenvalue weighted by Gasteiger charge is 2.15. The monoisotopic (exact) mass is 482 g/mol. The molecule has 0 unspecified atom stereocenters. The molecule has 35 heavy (non-hydrogen) atoms. The van der Waals surface area contributed by atoms with Gasteiger partial charge in [-0.2, -0.15) is 5.26 Å². The fourth-order valence-corrected chi connectivity index (χ4v) is 2.35. The summed E-state index contributed by atoms with van der Waals surface area (Å²) in [6.07, 6.45) is 0.470. The summed E-state index contributed by atoms with van der Waals surface area (Å²) in [5.41, 5.74) is 1.02. The van der Waals surface area contributed by atoms with E-state index in [0.717, 1.165) is 6.41 Å². The molecule has 0 bridgehead atoms. The maximum Gasteiger partial charge on any atom is 0.340 e. The predicted molar refractivity (Wildman–Crippen MR) is 126 cm³/mol. The van der Waals surface area contributed by atoms with Gasteiger partial charge in [0, 0.05) is 19.8 Å². The molecule has 0 atom stereocenters. The molecule has 11 nitrogen and oxygen atoms in total. The van der Waals surface area contributed by atoms with E-state index in [0.29, 0.717) is 5.69 Å². The predicted octanol–water partition coefficient (Wildman–Crippen LogP) is 2.22. The Bertz CT molecular complexity index is 1080. The van der Waals surface area contributed by atoms with Gasteiger partial charge >= 0.3 is 11.9 Å². The average molecular weight is 482 g/mol. The van der Waals surface area contributed by atoms with Crippen molar-refractivity contribution in [3.05, 3.63) is 59.7 Å². The van der Waals surface area contributed by atoms with Gasteiger partial charge in [-0.3, -0.25) is 14.4 Å². The number of rotatable bonds is 9. The molecule has 0 saturated heterocycles. The number of benzene rings is 2. The summed E-state index contributed by atoms with van der Waals surface area (Å²) in [7, 11) is 3.38. The number of nitriles is 1. The second-order valence-corrected chi connectivity index (χ2v) is 6.92. The molecule has 0 saturated carbocycles. The normalized spacial score (nSPS) is 9.31. The fourth-order valence-electron chi connectivity index (χ4n) is 2.35. The number of nitrogens with zero attached hydrogens (tertiary/aromatic N) is 2. The Kier molecular flexibility index (Phi) is 12.3. The second kappa shape index (κ2) is 15.2. The minimum Gasteiger partial charge on any atom is -0.462 e. The summed E-state index contributed by atoms with van der Waals surface area (Å²) in [5, 5.41) is 13.5. The Morgan fingerprint density at radius 3 is 2.14 bits per heavy atom. The molecule has 0 spiro atoms. The molecule has 0 heterocycles. The zero-order valence-electron chi connectivity index (χ0n) is 19.6. The maximum absolute atomic E-state index is 12.1. The number of hydrogen-bond acceptors (Lipinski definition) is 8. The molecule has 0 aliphatic rings. The number of ether oxygens (including phenoxy) is 2. The Balaban J connectivity index is 0.00000111. The third-order valence-electron chi connectivity index (χ3n) is 3.89. The van der Waals surface area contributed by atoms with Crippen LogP contribution in [-0.4, -0.2) is 62.4 Å². The van der Waals surface area contributed by atoms with Gasteiger partial charge in [0.1, 0.15) is 6.42 Å². The van der Waals surface area contributed by atoms with Gasteiger partial charge in [0.15, 0.2) is 6.61 Å². The van der Waals surface area contributed by atoms with Gasteiger partial charge in [-0.15, -0.1) is 0 Å². The van der Waals surface area contributed by atoms with Crippen LogP contribution in [0.25, 0.3) is 0 Å². The van der Waals surface area contributed by atoms with Crippen molar-refractivity contribution in [2.24, 2.45) is 0 Å². The van der Waals surface area contributed by atoms with E-state index in [2.05, 4.69) is 10.6 Å². The topological polar surface area (TPSA) is 155 Å². The van der Waals surface area contributed by atoms with E-state index in [1.54, 1.807) is 39.2 Å². The van der Waals surface area contributed by atoms with Gasteiger partial charge < -0.3 is 25.0 Å². The quantitative estimate of drug-likeness (QED) is 0.407. The Morgan fingerprint density at radius 2 is 1.57 bits per heavy atom. The van der Waals surface area contributed by atoms with Crippen molar-refractivity contribution in [1.29, 1.82) is 5.26 Å². The average Bonchev–Trinajstić information content (AvgIpc) is 2.84. The number of nitrogens with one attached hydrogen (secondary N) is 2. The molecule has 184 valence electrons. The van der Waals surface area contributed by atoms with E-state index in [1.807, 2.05) is 0 Å². The zero-order valence-corrected chi connectivity index (χ0v) is 19.6. The Hall–Kier alpha value is -4.72. The standard InChI is InChI=1S/C21H19N3O6.C3H7NO/c1-2-29-21(28)16-5-3-4-6-17(16)24-19(26)13-30-20(27)14-7-9-15(10-8-14)23-18(25)11-12-22;1-4(2)3-5/h3-10H,2,11,13H2,1H3,(H,23,25)(H,24,26);3H,1-2H3. The molecule has 0 aliphatic heterocycles. The number of para-hydroxylation sites is 1. The van der Waals surface area contributed by atoms with E-state index in [4.69, 9.17) is 14.7 Å². The number of carbonyl (C=O) groups excluding carboxylic acids is 5. The first kappa shape index (κ1) is 28.3. The number of carbonyl (C=O) groups is 5. The number of hydrogen-bond donors (Lipinski definition) is 2. The van der Waals surface area contributed by atoms with Crippen molar-refractivity contribution in [3.8, 4) is 6.07 Å². The van der Waals surface area contributed by atoms with Crippen LogP contribution in [0.4, 0.5) is 11.4 Å². The number of esters is 2. The van der Waals surface area contributed by atoms with Crippen LogP contribution in [0.3, 0.4) is 0 Å². The molecule has 2 N–H and O–H groups in total. The van der Waals surface area contributed by atoms with Crippen LogP contribution in [0.5, 0.6) is 0 Å². The first-order chi connectivity index (χ1) is 16.7. The third-order valence-corrected chi connectivity index (χ3v) is 3.89. The lowest BCUT2D eigenvalue weighted by Crippen LogP contribution is -2.22.